The summed E-state index contributed by atoms with van der Waals surface area (Å²) in [5.41, 5.74) is 1.70. The van der Waals surface area contributed by atoms with Crippen LogP contribution < -0.4 is 0 Å². The van der Waals surface area contributed by atoms with Crippen LogP contribution in [-0.2, 0) is 11.8 Å². The topological polar surface area (TPSA) is 12.9 Å². The normalized spacial score (nSPS) is 11.6. The largest absolute Gasteiger partial charge is 0.260 e. The van der Waals surface area contributed by atoms with Crippen LogP contribution in [0, 0.1) is 0 Å². The van der Waals surface area contributed by atoms with Crippen LogP contribution in [0.3, 0.4) is 0 Å². The summed E-state index contributed by atoms with van der Waals surface area (Å²) in [5, 5.41) is 0.702. The zero-order chi connectivity index (χ0) is 14.6. The third-order valence-corrected chi connectivity index (χ3v) is 5.02. The first-order valence-electron chi connectivity index (χ1n) is 6.08. The number of benzene rings is 1. The van der Waals surface area contributed by atoms with Crippen molar-refractivity contribution in [1.82, 2.24) is 4.98 Å². The van der Waals surface area contributed by atoms with Crippen molar-refractivity contribution in [2.24, 2.45) is 0 Å². The molecule has 0 radical (unpaired) electrons. The van der Waals surface area contributed by atoms with Crippen molar-refractivity contribution >= 4 is 50.7 Å². The van der Waals surface area contributed by atoms with Gasteiger partial charge in [-0.15, -0.1) is 23.2 Å². The van der Waals surface area contributed by atoms with Crippen molar-refractivity contribution in [2.75, 3.05) is 11.8 Å². The quantitative estimate of drug-likeness (QED) is 0.615. The molecule has 0 aliphatic carbocycles. The number of rotatable bonds is 5. The van der Waals surface area contributed by atoms with Crippen LogP contribution in [0.25, 0.3) is 0 Å². The first-order valence-corrected chi connectivity index (χ1v) is 8.32. The maximum absolute atomic E-state index is 6.23. The van der Waals surface area contributed by atoms with E-state index in [9.17, 15) is 0 Å². The minimum absolute atomic E-state index is 0.339. The van der Waals surface area contributed by atoms with Crippen LogP contribution in [-0.4, -0.2) is 16.7 Å². The summed E-state index contributed by atoms with van der Waals surface area (Å²) in [5.74, 6) is 0.853. The summed E-state index contributed by atoms with van der Waals surface area (Å²) in [4.78, 5) is 4.41. The monoisotopic (exact) mass is 391 g/mol. The molecule has 1 aromatic heterocycles. The van der Waals surface area contributed by atoms with Gasteiger partial charge in [-0.25, -0.2) is 0 Å². The highest BCUT2D eigenvalue weighted by Crippen LogP contribution is 2.32. The molecule has 5 heteroatoms. The second-order valence-electron chi connectivity index (χ2n) is 4.70. The number of alkyl halides is 2. The average molecular weight is 394 g/mol. The second kappa shape index (κ2) is 7.13. The Labute approximate surface area is 142 Å². The predicted octanol–water partition coefficient (Wildman–Crippen LogP) is 5.46. The number of pyridine rings is 1. The fourth-order valence-electron chi connectivity index (χ4n) is 2.05. The summed E-state index contributed by atoms with van der Waals surface area (Å²) >= 11 is 21.8. The Bertz CT molecular complexity index is 550. The van der Waals surface area contributed by atoms with E-state index in [0.29, 0.717) is 23.2 Å². The van der Waals surface area contributed by atoms with Gasteiger partial charge in [0.05, 0.1) is 0 Å². The molecule has 0 amide bonds. The molecule has 0 unspecified atom stereocenters. The van der Waals surface area contributed by atoms with Gasteiger partial charge in [-0.1, -0.05) is 23.7 Å². The summed E-state index contributed by atoms with van der Waals surface area (Å²) in [6.07, 6.45) is 2.47. The molecular weight excluding hydrogens is 380 g/mol. The van der Waals surface area contributed by atoms with Gasteiger partial charge in [-0.2, -0.15) is 0 Å². The Kier molecular flexibility index (Phi) is 5.74. The minimum Gasteiger partial charge on any atom is -0.260 e. The summed E-state index contributed by atoms with van der Waals surface area (Å²) < 4.78 is 0.954. The lowest BCUT2D eigenvalue weighted by molar-refractivity contribution is 0.529. The van der Waals surface area contributed by atoms with Crippen molar-refractivity contribution in [3.8, 4) is 0 Å². The molecule has 0 spiro atoms. The molecule has 20 heavy (non-hydrogen) atoms. The SMILES string of the molecule is ClCC(CCl)(Cc1ccc(Br)cn1)c1ccc(Cl)cc1. The van der Waals surface area contributed by atoms with E-state index in [1.807, 2.05) is 36.4 Å². The van der Waals surface area contributed by atoms with Crippen molar-refractivity contribution in [3.05, 3.63) is 63.3 Å². The van der Waals surface area contributed by atoms with Gasteiger partial charge >= 0.3 is 0 Å². The van der Waals surface area contributed by atoms with E-state index in [1.165, 1.54) is 0 Å². The molecule has 0 N–H and O–H groups in total. The van der Waals surface area contributed by atoms with E-state index >= 15 is 0 Å². The Morgan fingerprint density at radius 3 is 2.15 bits per heavy atom. The summed E-state index contributed by atoms with van der Waals surface area (Å²) in [7, 11) is 0. The third kappa shape index (κ3) is 3.67. The van der Waals surface area contributed by atoms with E-state index in [0.717, 1.165) is 15.7 Å². The Morgan fingerprint density at radius 2 is 1.65 bits per heavy atom. The second-order valence-corrected chi connectivity index (χ2v) is 6.59. The van der Waals surface area contributed by atoms with Gasteiger partial charge in [0.1, 0.15) is 0 Å². The number of nitrogens with zero attached hydrogens (tertiary/aromatic N) is 1. The molecule has 2 rings (SSSR count). The molecule has 0 fully saturated rings. The molecular formula is C15H13BrCl3N. The van der Waals surface area contributed by atoms with Crippen LogP contribution >= 0.6 is 50.7 Å². The van der Waals surface area contributed by atoms with E-state index in [4.69, 9.17) is 34.8 Å². The Hall–Kier alpha value is -0.280. The van der Waals surface area contributed by atoms with Crippen LogP contribution in [0.2, 0.25) is 5.02 Å². The molecule has 1 aromatic carbocycles. The first-order chi connectivity index (χ1) is 9.59. The van der Waals surface area contributed by atoms with Gasteiger partial charge in [0, 0.05) is 45.0 Å². The maximum atomic E-state index is 6.23. The summed E-state index contributed by atoms with van der Waals surface area (Å²) in [6, 6.07) is 11.6. The third-order valence-electron chi connectivity index (χ3n) is 3.28. The van der Waals surface area contributed by atoms with Crippen molar-refractivity contribution in [3.63, 3.8) is 0 Å². The van der Waals surface area contributed by atoms with Crippen molar-refractivity contribution < 1.29 is 0 Å². The smallest absolute Gasteiger partial charge is 0.0414 e. The van der Waals surface area contributed by atoms with Crippen LogP contribution in [0.15, 0.2) is 47.1 Å². The van der Waals surface area contributed by atoms with Crippen molar-refractivity contribution in [1.29, 1.82) is 0 Å². The molecule has 1 nitrogen and oxygen atoms in total. The first kappa shape index (κ1) is 16.1. The molecule has 0 atom stereocenters. The molecule has 0 aliphatic heterocycles. The lowest BCUT2D eigenvalue weighted by atomic mass is 9.80. The lowest BCUT2D eigenvalue weighted by Crippen LogP contribution is -2.33. The number of halogens is 4. The molecule has 106 valence electrons. The minimum atomic E-state index is -0.339. The zero-order valence-corrected chi connectivity index (χ0v) is 14.5. The van der Waals surface area contributed by atoms with Gasteiger partial charge in [0.2, 0.25) is 0 Å². The highest BCUT2D eigenvalue weighted by Gasteiger charge is 2.31. The van der Waals surface area contributed by atoms with Crippen LogP contribution in [0.5, 0.6) is 0 Å². The van der Waals surface area contributed by atoms with E-state index in [2.05, 4.69) is 20.9 Å². The van der Waals surface area contributed by atoms with Crippen LogP contribution in [0.4, 0.5) is 0 Å². The maximum Gasteiger partial charge on any atom is 0.0414 e. The van der Waals surface area contributed by atoms with Gasteiger partial charge in [-0.05, 0) is 45.8 Å². The van der Waals surface area contributed by atoms with E-state index in [-0.39, 0.29) is 5.41 Å². The van der Waals surface area contributed by atoms with E-state index in [1.54, 1.807) is 6.20 Å². The zero-order valence-electron chi connectivity index (χ0n) is 10.6. The molecule has 0 bridgehead atoms. The molecule has 1 heterocycles. The van der Waals surface area contributed by atoms with Gasteiger partial charge < -0.3 is 0 Å². The Morgan fingerprint density at radius 1 is 1.00 bits per heavy atom. The number of aromatic nitrogens is 1. The average Bonchev–Trinajstić information content (AvgIpc) is 2.48. The molecule has 0 saturated carbocycles. The number of hydrogen-bond donors (Lipinski definition) is 0. The van der Waals surface area contributed by atoms with E-state index < -0.39 is 0 Å². The molecule has 2 aromatic rings. The Balaban J connectivity index is 2.33. The van der Waals surface area contributed by atoms with Gasteiger partial charge in [0.15, 0.2) is 0 Å². The standard InChI is InChI=1S/C15H13BrCl3N/c16-12-3-6-14(20-8-12)7-15(9-17,10-18)11-1-4-13(19)5-2-11/h1-6,8H,7,9-10H2. The highest BCUT2D eigenvalue weighted by atomic mass is 79.9. The lowest BCUT2D eigenvalue weighted by Gasteiger charge is -2.30. The number of hydrogen-bond acceptors (Lipinski definition) is 1. The summed E-state index contributed by atoms with van der Waals surface area (Å²) in [6.45, 7) is 0. The molecule has 0 aliphatic rings. The molecule has 0 saturated heterocycles. The highest BCUT2D eigenvalue weighted by molar-refractivity contribution is 9.10. The van der Waals surface area contributed by atoms with Crippen LogP contribution in [0.1, 0.15) is 11.3 Å². The van der Waals surface area contributed by atoms with Gasteiger partial charge in [-0.3, -0.25) is 4.98 Å². The fourth-order valence-corrected chi connectivity index (χ4v) is 3.19. The predicted molar refractivity (Wildman–Crippen MR) is 90.2 cm³/mol. The van der Waals surface area contributed by atoms with Crippen molar-refractivity contribution in [2.45, 2.75) is 11.8 Å². The van der Waals surface area contributed by atoms with Gasteiger partial charge in [0.25, 0.3) is 0 Å². The fraction of sp³-hybridized carbons (Fsp3) is 0.267.